The number of rotatable bonds is 1. The van der Waals surface area contributed by atoms with Crippen molar-refractivity contribution >= 4 is 22.5 Å². The standard InChI is InChI=1S/C7H8O2S2.H2O/c1-11(8,9)7-4-2-6(10)3-5-7;/h2-5,10H,1H3;1H2. The van der Waals surface area contributed by atoms with Gasteiger partial charge in [-0.05, 0) is 24.3 Å². The van der Waals surface area contributed by atoms with Crippen LogP contribution in [0.25, 0.3) is 0 Å². The van der Waals surface area contributed by atoms with Gasteiger partial charge >= 0.3 is 0 Å². The molecule has 0 heterocycles. The molecule has 0 amide bonds. The van der Waals surface area contributed by atoms with E-state index in [0.717, 1.165) is 4.90 Å². The van der Waals surface area contributed by atoms with Crippen molar-refractivity contribution in [2.75, 3.05) is 6.26 Å². The van der Waals surface area contributed by atoms with Gasteiger partial charge in [-0.3, -0.25) is 0 Å². The van der Waals surface area contributed by atoms with Gasteiger partial charge in [0.25, 0.3) is 0 Å². The van der Waals surface area contributed by atoms with Crippen molar-refractivity contribution in [3.8, 4) is 0 Å². The first-order chi connectivity index (χ1) is 5.00. The molecular weight excluding hydrogens is 196 g/mol. The summed E-state index contributed by atoms with van der Waals surface area (Å²) in [4.78, 5) is 1.09. The third kappa shape index (κ3) is 2.84. The van der Waals surface area contributed by atoms with E-state index < -0.39 is 9.84 Å². The van der Waals surface area contributed by atoms with Gasteiger partial charge in [-0.25, -0.2) is 8.42 Å². The van der Waals surface area contributed by atoms with Gasteiger partial charge in [0, 0.05) is 11.2 Å². The molecule has 0 unspecified atom stereocenters. The van der Waals surface area contributed by atoms with Crippen LogP contribution in [0.4, 0.5) is 0 Å². The lowest BCUT2D eigenvalue weighted by atomic mass is 10.4. The van der Waals surface area contributed by atoms with E-state index in [1.807, 2.05) is 0 Å². The second-order valence-electron chi connectivity index (χ2n) is 2.27. The molecule has 12 heavy (non-hydrogen) atoms. The molecule has 0 saturated carbocycles. The summed E-state index contributed by atoms with van der Waals surface area (Å²) >= 11 is 4.03. The zero-order valence-electron chi connectivity index (χ0n) is 6.48. The smallest absolute Gasteiger partial charge is 0.175 e. The quantitative estimate of drug-likeness (QED) is 0.682. The maximum absolute atomic E-state index is 10.9. The van der Waals surface area contributed by atoms with Gasteiger partial charge in [-0.2, -0.15) is 0 Å². The molecule has 0 saturated heterocycles. The van der Waals surface area contributed by atoms with Gasteiger partial charge in [-0.1, -0.05) is 0 Å². The number of thiol groups is 1. The highest BCUT2D eigenvalue weighted by molar-refractivity contribution is 7.90. The van der Waals surface area contributed by atoms with Gasteiger partial charge in [0.2, 0.25) is 0 Å². The molecule has 0 atom stereocenters. The minimum atomic E-state index is -3.05. The van der Waals surface area contributed by atoms with E-state index in [9.17, 15) is 8.42 Å². The first-order valence-electron chi connectivity index (χ1n) is 2.99. The molecule has 1 rings (SSSR count). The van der Waals surface area contributed by atoms with Crippen LogP contribution in [-0.4, -0.2) is 20.1 Å². The van der Waals surface area contributed by atoms with Gasteiger partial charge in [0.1, 0.15) is 0 Å². The molecule has 0 aliphatic carbocycles. The predicted molar refractivity (Wildman–Crippen MR) is 50.4 cm³/mol. The minimum Gasteiger partial charge on any atom is -0.412 e. The molecule has 0 bridgehead atoms. The Morgan fingerprint density at radius 2 is 1.58 bits per heavy atom. The van der Waals surface area contributed by atoms with Gasteiger partial charge in [0.15, 0.2) is 9.84 Å². The van der Waals surface area contributed by atoms with Crippen LogP contribution in [0.15, 0.2) is 34.1 Å². The minimum absolute atomic E-state index is 0. The fourth-order valence-electron chi connectivity index (χ4n) is 0.693. The summed E-state index contributed by atoms with van der Waals surface area (Å²) in [5, 5.41) is 0. The third-order valence-corrected chi connectivity index (χ3v) is 2.69. The van der Waals surface area contributed by atoms with Crippen LogP contribution in [-0.2, 0) is 9.84 Å². The number of sulfone groups is 1. The molecule has 0 aliphatic rings. The van der Waals surface area contributed by atoms with Crippen molar-refractivity contribution in [1.29, 1.82) is 0 Å². The molecule has 68 valence electrons. The molecule has 0 aliphatic heterocycles. The first-order valence-corrected chi connectivity index (χ1v) is 5.33. The molecule has 1 aromatic carbocycles. The summed E-state index contributed by atoms with van der Waals surface area (Å²) in [6, 6.07) is 6.38. The van der Waals surface area contributed by atoms with Crippen molar-refractivity contribution in [2.24, 2.45) is 0 Å². The Labute approximate surface area is 77.1 Å². The fraction of sp³-hybridized carbons (Fsp3) is 0.143. The second-order valence-corrected chi connectivity index (χ2v) is 4.80. The number of benzene rings is 1. The number of hydrogen-bond donors (Lipinski definition) is 1. The van der Waals surface area contributed by atoms with Crippen LogP contribution in [0.3, 0.4) is 0 Å². The van der Waals surface area contributed by atoms with E-state index in [1.165, 1.54) is 18.4 Å². The highest BCUT2D eigenvalue weighted by Gasteiger charge is 2.04. The highest BCUT2D eigenvalue weighted by Crippen LogP contribution is 2.11. The fourth-order valence-corrected chi connectivity index (χ4v) is 1.47. The van der Waals surface area contributed by atoms with Crippen molar-refractivity contribution in [3.63, 3.8) is 0 Å². The summed E-state index contributed by atoms with van der Waals surface area (Å²) in [6.45, 7) is 0. The van der Waals surface area contributed by atoms with Crippen LogP contribution in [0, 0.1) is 0 Å². The van der Waals surface area contributed by atoms with Crippen molar-refractivity contribution in [1.82, 2.24) is 0 Å². The summed E-state index contributed by atoms with van der Waals surface area (Å²) < 4.78 is 21.8. The van der Waals surface area contributed by atoms with E-state index in [0.29, 0.717) is 4.90 Å². The van der Waals surface area contributed by atoms with E-state index in [4.69, 9.17) is 0 Å². The summed E-state index contributed by atoms with van der Waals surface area (Å²) in [7, 11) is -3.05. The van der Waals surface area contributed by atoms with Crippen LogP contribution < -0.4 is 0 Å². The maximum atomic E-state index is 10.9. The Kier molecular flexibility index (Phi) is 3.76. The Hall–Kier alpha value is -0.520. The largest absolute Gasteiger partial charge is 0.412 e. The van der Waals surface area contributed by atoms with Crippen LogP contribution in [0.5, 0.6) is 0 Å². The van der Waals surface area contributed by atoms with E-state index in [2.05, 4.69) is 12.6 Å². The van der Waals surface area contributed by atoms with E-state index in [-0.39, 0.29) is 5.48 Å². The first kappa shape index (κ1) is 11.5. The second kappa shape index (κ2) is 3.93. The SMILES string of the molecule is CS(=O)(=O)c1ccc(S)cc1.O. The molecule has 0 fully saturated rings. The Balaban J connectivity index is 0.00000121. The Morgan fingerprint density at radius 1 is 1.17 bits per heavy atom. The van der Waals surface area contributed by atoms with Crippen molar-refractivity contribution < 1.29 is 13.9 Å². The van der Waals surface area contributed by atoms with E-state index in [1.54, 1.807) is 12.1 Å². The molecule has 5 heteroatoms. The molecule has 0 spiro atoms. The third-order valence-electron chi connectivity index (χ3n) is 1.26. The van der Waals surface area contributed by atoms with Gasteiger partial charge in [0.05, 0.1) is 4.90 Å². The van der Waals surface area contributed by atoms with E-state index >= 15 is 0 Å². The molecule has 1 aromatic rings. The van der Waals surface area contributed by atoms with Crippen LogP contribution in [0.1, 0.15) is 0 Å². The normalized spacial score (nSPS) is 10.5. The molecule has 3 nitrogen and oxygen atoms in total. The lowest BCUT2D eigenvalue weighted by molar-refractivity contribution is 0.602. The number of hydrogen-bond acceptors (Lipinski definition) is 3. The van der Waals surface area contributed by atoms with Crippen LogP contribution in [0.2, 0.25) is 0 Å². The summed E-state index contributed by atoms with van der Waals surface area (Å²) in [6.07, 6.45) is 1.18. The lowest BCUT2D eigenvalue weighted by Gasteiger charge is -1.96. The average Bonchev–Trinajstić information content (AvgIpc) is 1.86. The molecular formula is C7H10O3S2. The van der Waals surface area contributed by atoms with Crippen LogP contribution >= 0.6 is 12.6 Å². The molecule has 0 radical (unpaired) electrons. The highest BCUT2D eigenvalue weighted by atomic mass is 32.2. The lowest BCUT2D eigenvalue weighted by Crippen LogP contribution is -1.95. The zero-order chi connectivity index (χ0) is 8.48. The Morgan fingerprint density at radius 3 is 1.92 bits per heavy atom. The van der Waals surface area contributed by atoms with Crippen molar-refractivity contribution in [3.05, 3.63) is 24.3 Å². The maximum Gasteiger partial charge on any atom is 0.175 e. The average molecular weight is 206 g/mol. The van der Waals surface area contributed by atoms with Gasteiger partial charge < -0.3 is 5.48 Å². The summed E-state index contributed by atoms with van der Waals surface area (Å²) in [5.41, 5.74) is 0. The monoisotopic (exact) mass is 206 g/mol. The van der Waals surface area contributed by atoms with Gasteiger partial charge in [-0.15, -0.1) is 12.6 Å². The molecule has 0 aromatic heterocycles. The van der Waals surface area contributed by atoms with Crippen molar-refractivity contribution in [2.45, 2.75) is 9.79 Å². The Bertz CT molecular complexity index is 339. The summed E-state index contributed by atoms with van der Waals surface area (Å²) in [5.74, 6) is 0. The molecule has 2 N–H and O–H groups in total. The predicted octanol–water partition coefficient (Wildman–Crippen LogP) is 0.554. The zero-order valence-corrected chi connectivity index (χ0v) is 8.19. The topological polar surface area (TPSA) is 65.6 Å².